The maximum absolute atomic E-state index is 11.9. The molecule has 0 heterocycles. The molecule has 44 heavy (non-hydrogen) atoms. The van der Waals surface area contributed by atoms with Crippen molar-refractivity contribution in [2.45, 2.75) is 137 Å². The zero-order valence-corrected chi connectivity index (χ0v) is 28.8. The Kier molecular flexibility index (Phi) is 8.84. The molecule has 0 aliphatic heterocycles. The molecule has 7 atom stereocenters. The minimum absolute atomic E-state index is 0.0223. The molecule has 0 spiro atoms. The molecule has 0 amide bonds. The molecule has 0 radical (unpaired) electrons. The number of carboxylic acids is 2. The van der Waals surface area contributed by atoms with Crippen molar-refractivity contribution in [2.75, 3.05) is 0 Å². The number of aliphatic carboxylic acids is 2. The highest BCUT2D eigenvalue weighted by atomic mass is 16.4. The van der Waals surface area contributed by atoms with Gasteiger partial charge < -0.3 is 10.2 Å². The maximum Gasteiger partial charge on any atom is 0.309 e. The number of fused-ring (bicyclic) bond motifs is 6. The summed E-state index contributed by atoms with van der Waals surface area (Å²) >= 11 is 0. The van der Waals surface area contributed by atoms with E-state index in [4.69, 9.17) is 0 Å². The number of carbonyl (C=O) groups is 2. The first-order valence-electron chi connectivity index (χ1n) is 17.6. The fourth-order valence-electron chi connectivity index (χ4n) is 10.7. The lowest BCUT2D eigenvalue weighted by Crippen LogP contribution is -2.53. The quantitative estimate of drug-likeness (QED) is 0.360. The van der Waals surface area contributed by atoms with Crippen LogP contribution in [-0.2, 0) is 21.4 Å². The minimum Gasteiger partial charge on any atom is -0.481 e. The summed E-state index contributed by atoms with van der Waals surface area (Å²) in [7, 11) is 0. The highest BCUT2D eigenvalue weighted by Gasteiger charge is 2.57. The van der Waals surface area contributed by atoms with Gasteiger partial charge in [0, 0.05) is 0 Å². The van der Waals surface area contributed by atoms with Gasteiger partial charge in [-0.25, -0.2) is 0 Å². The molecular weight excluding hydrogens is 544 g/mol. The molecule has 0 bridgehead atoms. The van der Waals surface area contributed by atoms with Gasteiger partial charge in [0.05, 0.1) is 10.8 Å². The summed E-state index contributed by atoms with van der Waals surface area (Å²) in [5.41, 5.74) is 6.42. The molecule has 5 aliphatic carbocycles. The van der Waals surface area contributed by atoms with Gasteiger partial charge in [0.2, 0.25) is 0 Å². The number of hydrogen-bond acceptors (Lipinski definition) is 2. The van der Waals surface area contributed by atoms with E-state index in [2.05, 4.69) is 71.9 Å². The Morgan fingerprint density at radius 2 is 1.43 bits per heavy atom. The standard InChI is InChI=1S/C20H30O2.C20H28O2/c2*1-13(2)14-6-8-16-15(12-14)7-9-17-19(16,3)10-5-11-20(17,4)18(21)22/h7,12-13,16-17H,5-6,8-11H2,1-4H3,(H,21,22);6,8,12-13,17H,5,7,9-11H2,1-4H3,(H,21,22)/t16-,17+,19+,20+;17-,19-,20-/m01/s1. The summed E-state index contributed by atoms with van der Waals surface area (Å²) in [5.74, 6) is 1.08. The smallest absolute Gasteiger partial charge is 0.309 e. The SMILES string of the molecule is CC(C)C1=CC2=CC[C@@H]3[C@](C)(CCC[C@@]3(C)C(=O)O)[C@H]2CC1.CC(C)c1ccc2c(c1)CC[C@H]1[C@](C)(C(=O)O)CCC[C@]21C. The second-order valence-electron chi connectivity index (χ2n) is 16.7. The van der Waals surface area contributed by atoms with Crippen LogP contribution in [0.25, 0.3) is 0 Å². The summed E-state index contributed by atoms with van der Waals surface area (Å²) in [6.07, 6.45) is 16.2. The highest BCUT2D eigenvalue weighted by molar-refractivity contribution is 5.76. The lowest BCUT2D eigenvalue weighted by Gasteiger charge is -2.57. The second kappa shape index (κ2) is 11.8. The van der Waals surface area contributed by atoms with Gasteiger partial charge in [0.15, 0.2) is 0 Å². The van der Waals surface area contributed by atoms with Gasteiger partial charge in [0.25, 0.3) is 0 Å². The Labute approximate surface area is 266 Å². The molecule has 4 heteroatoms. The van der Waals surface area contributed by atoms with Crippen LogP contribution in [-0.4, -0.2) is 22.2 Å². The van der Waals surface area contributed by atoms with E-state index in [1.807, 2.05) is 13.8 Å². The molecule has 2 fully saturated rings. The number of aryl methyl sites for hydroxylation is 1. The van der Waals surface area contributed by atoms with Gasteiger partial charge in [-0.3, -0.25) is 9.59 Å². The molecule has 0 unspecified atom stereocenters. The third-order valence-corrected chi connectivity index (χ3v) is 13.6. The fraction of sp³-hybridized carbons (Fsp3) is 0.700. The van der Waals surface area contributed by atoms with Gasteiger partial charge in [-0.2, -0.15) is 0 Å². The van der Waals surface area contributed by atoms with Crippen molar-refractivity contribution < 1.29 is 19.8 Å². The highest BCUT2D eigenvalue weighted by Crippen LogP contribution is 2.62. The van der Waals surface area contributed by atoms with Crippen LogP contribution in [0.1, 0.15) is 142 Å². The van der Waals surface area contributed by atoms with Crippen LogP contribution in [0.4, 0.5) is 0 Å². The van der Waals surface area contributed by atoms with Gasteiger partial charge in [-0.1, -0.05) is 90.3 Å². The molecule has 2 saturated carbocycles. The number of rotatable bonds is 4. The Balaban J connectivity index is 0.000000175. The molecule has 1 aromatic carbocycles. The van der Waals surface area contributed by atoms with E-state index in [0.717, 1.165) is 51.4 Å². The van der Waals surface area contributed by atoms with Crippen molar-refractivity contribution in [3.63, 3.8) is 0 Å². The molecule has 6 rings (SSSR count). The van der Waals surface area contributed by atoms with Crippen LogP contribution < -0.4 is 0 Å². The molecule has 4 nitrogen and oxygen atoms in total. The van der Waals surface area contributed by atoms with Crippen molar-refractivity contribution in [3.8, 4) is 0 Å². The normalized spacial score (nSPS) is 37.7. The first-order valence-corrected chi connectivity index (χ1v) is 17.6. The predicted molar refractivity (Wildman–Crippen MR) is 179 cm³/mol. The average Bonchev–Trinajstić information content (AvgIpc) is 2.96. The Hall–Kier alpha value is -2.36. The molecule has 5 aliphatic rings. The average molecular weight is 603 g/mol. The Morgan fingerprint density at radius 1 is 0.795 bits per heavy atom. The van der Waals surface area contributed by atoms with Crippen LogP contribution in [0.5, 0.6) is 0 Å². The fourth-order valence-corrected chi connectivity index (χ4v) is 10.7. The van der Waals surface area contributed by atoms with Crippen LogP contribution in [0.2, 0.25) is 0 Å². The zero-order chi connectivity index (χ0) is 32.2. The third-order valence-electron chi connectivity index (χ3n) is 13.6. The van der Waals surface area contributed by atoms with E-state index >= 15 is 0 Å². The molecule has 2 N–H and O–H groups in total. The summed E-state index contributed by atoms with van der Waals surface area (Å²) in [4.78, 5) is 23.9. The lowest BCUT2D eigenvalue weighted by atomic mass is 9.47. The van der Waals surface area contributed by atoms with Crippen LogP contribution >= 0.6 is 0 Å². The van der Waals surface area contributed by atoms with Gasteiger partial charge in [-0.05, 0) is 134 Å². The monoisotopic (exact) mass is 602 g/mol. The predicted octanol–water partition coefficient (Wildman–Crippen LogP) is 10.1. The number of allylic oxidation sites excluding steroid dienone is 4. The van der Waals surface area contributed by atoms with E-state index in [0.29, 0.717) is 17.8 Å². The largest absolute Gasteiger partial charge is 0.481 e. The van der Waals surface area contributed by atoms with Crippen molar-refractivity contribution in [1.29, 1.82) is 0 Å². The van der Waals surface area contributed by atoms with Crippen molar-refractivity contribution >= 4 is 11.9 Å². The van der Waals surface area contributed by atoms with E-state index in [-0.39, 0.29) is 22.7 Å². The van der Waals surface area contributed by atoms with Crippen molar-refractivity contribution in [2.24, 2.45) is 39.9 Å². The van der Waals surface area contributed by atoms with E-state index in [1.165, 1.54) is 41.5 Å². The van der Waals surface area contributed by atoms with Crippen LogP contribution in [0.15, 0.2) is 41.5 Å². The molecule has 1 aromatic rings. The molecule has 0 aromatic heterocycles. The van der Waals surface area contributed by atoms with Gasteiger partial charge >= 0.3 is 11.9 Å². The van der Waals surface area contributed by atoms with E-state index < -0.39 is 22.8 Å². The van der Waals surface area contributed by atoms with Gasteiger partial charge in [0.1, 0.15) is 0 Å². The first kappa shape index (κ1) is 33.0. The number of benzene rings is 1. The maximum atomic E-state index is 11.9. The third kappa shape index (κ3) is 5.30. The van der Waals surface area contributed by atoms with Crippen molar-refractivity contribution in [1.82, 2.24) is 0 Å². The number of hydrogen-bond donors (Lipinski definition) is 2. The summed E-state index contributed by atoms with van der Waals surface area (Å²) < 4.78 is 0. The van der Waals surface area contributed by atoms with Crippen LogP contribution in [0, 0.1) is 39.9 Å². The molecule has 242 valence electrons. The van der Waals surface area contributed by atoms with Gasteiger partial charge in [-0.15, -0.1) is 0 Å². The first-order chi connectivity index (χ1) is 20.6. The molecule has 0 saturated heterocycles. The summed E-state index contributed by atoms with van der Waals surface area (Å²) in [5, 5.41) is 19.6. The van der Waals surface area contributed by atoms with Crippen LogP contribution in [0.3, 0.4) is 0 Å². The van der Waals surface area contributed by atoms with E-state index in [9.17, 15) is 19.8 Å². The summed E-state index contributed by atoms with van der Waals surface area (Å²) in [6.45, 7) is 17.7. The Morgan fingerprint density at radius 3 is 2.05 bits per heavy atom. The molecular formula is C40H58O4. The lowest BCUT2D eigenvalue weighted by molar-refractivity contribution is -0.162. The van der Waals surface area contributed by atoms with E-state index in [1.54, 1.807) is 5.57 Å². The zero-order valence-electron chi connectivity index (χ0n) is 28.8. The van der Waals surface area contributed by atoms with Crippen molar-refractivity contribution in [3.05, 3.63) is 58.2 Å². The Bertz CT molecular complexity index is 1350. The number of carboxylic acid groups (broad SMARTS) is 2. The summed E-state index contributed by atoms with van der Waals surface area (Å²) in [6, 6.07) is 6.92. The topological polar surface area (TPSA) is 74.6 Å². The minimum atomic E-state index is -0.606. The second-order valence-corrected chi connectivity index (χ2v) is 16.7.